The highest BCUT2D eigenvalue weighted by Crippen LogP contribution is 2.30. The minimum atomic E-state index is -0.517. The monoisotopic (exact) mass is 487 g/mol. The first-order chi connectivity index (χ1) is 15.9. The van der Waals surface area contributed by atoms with Gasteiger partial charge in [0.05, 0.1) is 26.6 Å². The minimum absolute atomic E-state index is 0.00526. The van der Waals surface area contributed by atoms with Crippen molar-refractivity contribution in [3.8, 4) is 0 Å². The maximum atomic E-state index is 13.5. The first-order valence-corrected chi connectivity index (χ1v) is 11.8. The number of hydrogen-bond acceptors (Lipinski definition) is 5. The Morgan fingerprint density at radius 2 is 2.18 bits per heavy atom. The van der Waals surface area contributed by atoms with Gasteiger partial charge in [0, 0.05) is 32.1 Å². The number of carbonyl (C=O) groups excluding carboxylic acids is 2. The predicted octanol–water partition coefficient (Wildman–Crippen LogP) is 5.32. The van der Waals surface area contributed by atoms with E-state index >= 15 is 0 Å². The molecule has 0 radical (unpaired) electrons. The van der Waals surface area contributed by atoms with Crippen molar-refractivity contribution in [1.82, 2.24) is 9.88 Å². The first-order valence-electron chi connectivity index (χ1n) is 10.6. The minimum Gasteiger partial charge on any atom is -0.376 e. The zero-order valence-corrected chi connectivity index (χ0v) is 19.6. The van der Waals surface area contributed by atoms with Gasteiger partial charge in [-0.25, -0.2) is 4.39 Å². The Kier molecular flexibility index (Phi) is 7.37. The van der Waals surface area contributed by atoms with Gasteiger partial charge < -0.3 is 15.0 Å². The molecule has 3 aromatic rings. The van der Waals surface area contributed by atoms with Crippen molar-refractivity contribution >= 4 is 39.8 Å². The number of aryl methyl sites for hydroxylation is 1. The summed E-state index contributed by atoms with van der Waals surface area (Å²) in [6, 6.07) is 9.12. The lowest BCUT2D eigenvalue weighted by Crippen LogP contribution is -2.36. The zero-order valence-electron chi connectivity index (χ0n) is 18.0. The van der Waals surface area contributed by atoms with Gasteiger partial charge in [-0.05, 0) is 61.2 Å². The quantitative estimate of drug-likeness (QED) is 0.489. The molecule has 1 unspecified atom stereocenters. The third-order valence-corrected chi connectivity index (χ3v) is 6.81. The number of nitrogens with one attached hydrogen (secondary N) is 1. The Balaban J connectivity index is 1.53. The highest BCUT2D eigenvalue weighted by atomic mass is 35.5. The van der Waals surface area contributed by atoms with Crippen LogP contribution in [0.1, 0.15) is 44.0 Å². The average molecular weight is 488 g/mol. The fraction of sp³-hybridized carbons (Fsp3) is 0.292. The Morgan fingerprint density at radius 3 is 2.88 bits per heavy atom. The van der Waals surface area contributed by atoms with Crippen molar-refractivity contribution in [1.29, 1.82) is 0 Å². The summed E-state index contributed by atoms with van der Waals surface area (Å²) in [4.78, 5) is 32.6. The molecule has 9 heteroatoms. The topological polar surface area (TPSA) is 71.5 Å². The molecule has 1 saturated heterocycles. The van der Waals surface area contributed by atoms with Crippen LogP contribution in [0.2, 0.25) is 5.02 Å². The van der Waals surface area contributed by atoms with E-state index < -0.39 is 11.7 Å². The lowest BCUT2D eigenvalue weighted by molar-refractivity contribution is 0.0510. The summed E-state index contributed by atoms with van der Waals surface area (Å²) < 4.78 is 19.1. The van der Waals surface area contributed by atoms with Crippen molar-refractivity contribution in [2.24, 2.45) is 0 Å². The van der Waals surface area contributed by atoms with Crippen molar-refractivity contribution in [3.05, 3.63) is 81.2 Å². The number of aromatic nitrogens is 1. The lowest BCUT2D eigenvalue weighted by atomic mass is 10.2. The van der Waals surface area contributed by atoms with Gasteiger partial charge in [0.2, 0.25) is 0 Å². The molecule has 6 nitrogen and oxygen atoms in total. The lowest BCUT2D eigenvalue weighted by Gasteiger charge is -2.25. The van der Waals surface area contributed by atoms with E-state index in [9.17, 15) is 14.0 Å². The molecular formula is C24H23ClFN3O3S. The molecule has 1 aliphatic heterocycles. The summed E-state index contributed by atoms with van der Waals surface area (Å²) >= 11 is 7.20. The van der Waals surface area contributed by atoms with E-state index in [1.54, 1.807) is 23.4 Å². The Hall–Kier alpha value is -2.81. The van der Waals surface area contributed by atoms with E-state index in [4.69, 9.17) is 16.3 Å². The van der Waals surface area contributed by atoms with E-state index in [0.29, 0.717) is 29.6 Å². The standard InChI is InChI=1S/C24H23ClFN3O3S/c1-15-10-21(28-23(30)19-7-6-17(26)11-20(19)25)33-22(15)24(31)29(14-18-5-3-9-32-18)13-16-4-2-8-27-12-16/h2,4,6-8,10-12,18H,3,5,9,13-14H2,1H3,(H,28,30). The number of hydrogen-bond donors (Lipinski definition) is 1. The molecule has 33 heavy (non-hydrogen) atoms. The van der Waals surface area contributed by atoms with Crippen LogP contribution < -0.4 is 5.32 Å². The highest BCUT2D eigenvalue weighted by molar-refractivity contribution is 7.18. The van der Waals surface area contributed by atoms with E-state index in [1.807, 2.05) is 19.1 Å². The molecule has 2 amide bonds. The van der Waals surface area contributed by atoms with E-state index in [0.717, 1.165) is 30.0 Å². The van der Waals surface area contributed by atoms with Gasteiger partial charge in [-0.2, -0.15) is 0 Å². The molecule has 3 heterocycles. The summed E-state index contributed by atoms with van der Waals surface area (Å²) in [6.45, 7) is 3.44. The maximum Gasteiger partial charge on any atom is 0.264 e. The zero-order chi connectivity index (χ0) is 23.4. The Bertz CT molecular complexity index is 1150. The van der Waals surface area contributed by atoms with Crippen LogP contribution in [0, 0.1) is 12.7 Å². The van der Waals surface area contributed by atoms with Crippen LogP contribution in [0.4, 0.5) is 9.39 Å². The fourth-order valence-corrected chi connectivity index (χ4v) is 5.01. The number of ether oxygens (including phenoxy) is 1. The normalized spacial score (nSPS) is 15.4. The van der Waals surface area contributed by atoms with Gasteiger partial charge >= 0.3 is 0 Å². The molecule has 2 aromatic heterocycles. The van der Waals surface area contributed by atoms with Crippen molar-refractivity contribution in [3.63, 3.8) is 0 Å². The second kappa shape index (κ2) is 10.4. The number of thiophene rings is 1. The molecule has 0 spiro atoms. The molecule has 0 bridgehead atoms. The van der Waals surface area contributed by atoms with Crippen molar-refractivity contribution in [2.45, 2.75) is 32.4 Å². The van der Waals surface area contributed by atoms with Crippen LogP contribution in [-0.2, 0) is 11.3 Å². The summed E-state index contributed by atoms with van der Waals surface area (Å²) in [6.07, 6.45) is 5.35. The third-order valence-electron chi connectivity index (χ3n) is 5.36. The van der Waals surface area contributed by atoms with Crippen molar-refractivity contribution in [2.75, 3.05) is 18.5 Å². The molecule has 0 saturated carbocycles. The fourth-order valence-electron chi connectivity index (χ4n) is 3.72. The number of nitrogens with zero attached hydrogens (tertiary/aromatic N) is 2. The Morgan fingerprint density at radius 1 is 1.33 bits per heavy atom. The number of anilines is 1. The molecule has 1 aromatic carbocycles. The van der Waals surface area contributed by atoms with Gasteiger partial charge in [-0.15, -0.1) is 11.3 Å². The third kappa shape index (κ3) is 5.76. The molecule has 1 N–H and O–H groups in total. The molecule has 4 rings (SSSR count). The molecule has 1 atom stereocenters. The second-order valence-corrected chi connectivity index (χ2v) is 9.34. The van der Waals surface area contributed by atoms with Crippen LogP contribution in [0.15, 0.2) is 48.8 Å². The molecule has 172 valence electrons. The molecule has 1 fully saturated rings. The second-order valence-electron chi connectivity index (χ2n) is 7.88. The van der Waals surface area contributed by atoms with Crippen molar-refractivity contribution < 1.29 is 18.7 Å². The number of carbonyl (C=O) groups is 2. The highest BCUT2D eigenvalue weighted by Gasteiger charge is 2.26. The van der Waals surface area contributed by atoms with Gasteiger partial charge in [-0.1, -0.05) is 17.7 Å². The van der Waals surface area contributed by atoms with E-state index in [1.165, 1.54) is 23.5 Å². The summed E-state index contributed by atoms with van der Waals surface area (Å²) in [5.41, 5.74) is 1.85. The summed E-state index contributed by atoms with van der Waals surface area (Å²) in [5.74, 6) is -1.11. The summed E-state index contributed by atoms with van der Waals surface area (Å²) in [7, 11) is 0. The van der Waals surface area contributed by atoms with Crippen LogP contribution in [0.5, 0.6) is 0 Å². The van der Waals surface area contributed by atoms with Crippen LogP contribution >= 0.6 is 22.9 Å². The first kappa shape index (κ1) is 23.4. The number of rotatable bonds is 7. The van der Waals surface area contributed by atoms with Crippen LogP contribution in [0.25, 0.3) is 0 Å². The van der Waals surface area contributed by atoms with E-state index in [-0.39, 0.29) is 22.6 Å². The number of amides is 2. The van der Waals surface area contributed by atoms with Gasteiger partial charge in [0.25, 0.3) is 11.8 Å². The van der Waals surface area contributed by atoms with Gasteiger partial charge in [0.15, 0.2) is 0 Å². The number of benzene rings is 1. The average Bonchev–Trinajstić information content (AvgIpc) is 3.43. The number of halogens is 2. The number of pyridine rings is 1. The van der Waals surface area contributed by atoms with Gasteiger partial charge in [0.1, 0.15) is 5.82 Å². The summed E-state index contributed by atoms with van der Waals surface area (Å²) in [5, 5.41) is 3.30. The maximum absolute atomic E-state index is 13.5. The van der Waals surface area contributed by atoms with E-state index in [2.05, 4.69) is 10.3 Å². The Labute approximate surface area is 200 Å². The SMILES string of the molecule is Cc1cc(NC(=O)c2ccc(F)cc2Cl)sc1C(=O)N(Cc1cccnc1)CC1CCCO1. The van der Waals surface area contributed by atoms with Crippen LogP contribution in [-0.4, -0.2) is 41.0 Å². The molecule has 0 aliphatic carbocycles. The predicted molar refractivity (Wildman–Crippen MR) is 126 cm³/mol. The molecule has 1 aliphatic rings. The smallest absolute Gasteiger partial charge is 0.264 e. The molecular weight excluding hydrogens is 465 g/mol. The van der Waals surface area contributed by atoms with Crippen LogP contribution in [0.3, 0.4) is 0 Å². The largest absolute Gasteiger partial charge is 0.376 e. The van der Waals surface area contributed by atoms with Gasteiger partial charge in [-0.3, -0.25) is 14.6 Å².